The third-order valence-corrected chi connectivity index (χ3v) is 9.90. The number of benzene rings is 1. The molecule has 4 heterocycles. The number of anilines is 1. The van der Waals surface area contributed by atoms with Gasteiger partial charge in [-0.05, 0) is 72.0 Å². The number of carbonyl (C=O) groups excluding carboxylic acids is 1. The number of amides is 1. The van der Waals surface area contributed by atoms with E-state index in [1.807, 2.05) is 0 Å². The Morgan fingerprint density at radius 3 is 2.50 bits per heavy atom. The van der Waals surface area contributed by atoms with Crippen molar-refractivity contribution >= 4 is 44.3 Å². The van der Waals surface area contributed by atoms with Crippen LogP contribution in [0.2, 0.25) is 0 Å². The van der Waals surface area contributed by atoms with Crippen LogP contribution in [0.4, 0.5) is 5.69 Å². The Kier molecular flexibility index (Phi) is 6.18. The van der Waals surface area contributed by atoms with Crippen LogP contribution in [0.3, 0.4) is 0 Å². The number of fused-ring (bicyclic) bond motifs is 1. The molecule has 1 aromatic carbocycles. The summed E-state index contributed by atoms with van der Waals surface area (Å²) < 4.78 is 26.9. The molecule has 1 fully saturated rings. The fourth-order valence-electron chi connectivity index (χ4n) is 4.49. The molecule has 1 N–H and O–H groups in total. The second-order valence-electron chi connectivity index (χ2n) is 8.12. The van der Waals surface area contributed by atoms with Crippen molar-refractivity contribution in [1.29, 1.82) is 0 Å². The standard InChI is InChI=1S/C23H25N3O3S3/c27-22(24-17-5-7-18(8-6-17)32(28,29)26-11-1-2-12-26)16-25-13-9-20-19(10-15-31-20)23(25)21-4-3-14-30-21/h3-8,10,14-15,23H,1-2,9,11-13,16H2,(H,24,27). The van der Waals surface area contributed by atoms with Gasteiger partial charge in [-0.2, -0.15) is 4.31 Å². The van der Waals surface area contributed by atoms with Crippen molar-refractivity contribution in [2.45, 2.75) is 30.2 Å². The first-order valence-electron chi connectivity index (χ1n) is 10.8. The van der Waals surface area contributed by atoms with Gasteiger partial charge in [0.25, 0.3) is 0 Å². The molecule has 1 amide bonds. The van der Waals surface area contributed by atoms with Crippen molar-refractivity contribution < 1.29 is 13.2 Å². The van der Waals surface area contributed by atoms with Crippen molar-refractivity contribution in [1.82, 2.24) is 9.21 Å². The number of sulfonamides is 1. The van der Waals surface area contributed by atoms with Crippen LogP contribution in [0.15, 0.2) is 58.1 Å². The van der Waals surface area contributed by atoms with Gasteiger partial charge >= 0.3 is 0 Å². The smallest absolute Gasteiger partial charge is 0.243 e. The predicted octanol–water partition coefficient (Wildman–Crippen LogP) is 4.18. The molecule has 0 aliphatic carbocycles. The van der Waals surface area contributed by atoms with Crippen LogP contribution in [0, 0.1) is 0 Å². The number of rotatable bonds is 6. The molecule has 0 bridgehead atoms. The monoisotopic (exact) mass is 487 g/mol. The summed E-state index contributed by atoms with van der Waals surface area (Å²) in [4.78, 5) is 18.0. The minimum Gasteiger partial charge on any atom is -0.325 e. The number of nitrogens with zero attached hydrogens (tertiary/aromatic N) is 2. The van der Waals surface area contributed by atoms with Gasteiger partial charge in [-0.15, -0.1) is 22.7 Å². The lowest BCUT2D eigenvalue weighted by Gasteiger charge is -2.34. The van der Waals surface area contributed by atoms with E-state index in [9.17, 15) is 13.2 Å². The fraction of sp³-hybridized carbons (Fsp3) is 0.348. The van der Waals surface area contributed by atoms with Crippen molar-refractivity contribution in [3.05, 3.63) is 68.5 Å². The van der Waals surface area contributed by atoms with E-state index in [4.69, 9.17) is 0 Å². The van der Waals surface area contributed by atoms with Crippen LogP contribution in [-0.4, -0.2) is 49.7 Å². The molecule has 6 nitrogen and oxygen atoms in total. The van der Waals surface area contributed by atoms with Crippen molar-refractivity contribution in [2.75, 3.05) is 31.5 Å². The van der Waals surface area contributed by atoms with Gasteiger partial charge in [0.1, 0.15) is 0 Å². The summed E-state index contributed by atoms with van der Waals surface area (Å²) in [6.07, 6.45) is 2.76. The molecular formula is C23H25N3O3S3. The quantitative estimate of drug-likeness (QED) is 0.566. The van der Waals surface area contributed by atoms with Crippen LogP contribution in [-0.2, 0) is 21.2 Å². The van der Waals surface area contributed by atoms with E-state index in [1.54, 1.807) is 46.9 Å². The molecule has 2 aromatic heterocycles. The molecule has 2 aliphatic heterocycles. The van der Waals surface area contributed by atoms with E-state index in [0.29, 0.717) is 18.8 Å². The zero-order valence-electron chi connectivity index (χ0n) is 17.6. The lowest BCUT2D eigenvalue weighted by molar-refractivity contribution is -0.117. The minimum absolute atomic E-state index is 0.0969. The van der Waals surface area contributed by atoms with E-state index in [0.717, 1.165) is 25.8 Å². The molecule has 1 saturated heterocycles. The summed E-state index contributed by atoms with van der Waals surface area (Å²) >= 11 is 3.50. The van der Waals surface area contributed by atoms with Crippen molar-refractivity contribution in [3.8, 4) is 0 Å². The maximum atomic E-state index is 12.9. The number of hydrogen-bond donors (Lipinski definition) is 1. The molecule has 0 spiro atoms. The second kappa shape index (κ2) is 9.07. The molecule has 3 aromatic rings. The van der Waals surface area contributed by atoms with Gasteiger partial charge < -0.3 is 5.32 Å². The highest BCUT2D eigenvalue weighted by Crippen LogP contribution is 2.39. The van der Waals surface area contributed by atoms with Crippen LogP contribution >= 0.6 is 22.7 Å². The summed E-state index contributed by atoms with van der Waals surface area (Å²) in [7, 11) is -3.45. The average Bonchev–Trinajstić information content (AvgIpc) is 3.56. The Hall–Kier alpha value is -2.04. The third kappa shape index (κ3) is 4.27. The van der Waals surface area contributed by atoms with Gasteiger partial charge in [0.2, 0.25) is 15.9 Å². The molecule has 5 rings (SSSR count). The van der Waals surface area contributed by atoms with E-state index in [1.165, 1.54) is 19.6 Å². The highest BCUT2D eigenvalue weighted by atomic mass is 32.2. The number of hydrogen-bond acceptors (Lipinski definition) is 6. The molecule has 1 atom stereocenters. The molecule has 168 valence electrons. The maximum absolute atomic E-state index is 12.9. The Labute approximate surface area is 196 Å². The molecule has 1 unspecified atom stereocenters. The molecule has 9 heteroatoms. The van der Waals surface area contributed by atoms with E-state index < -0.39 is 10.0 Å². The van der Waals surface area contributed by atoms with Crippen molar-refractivity contribution in [2.24, 2.45) is 0 Å². The first-order chi connectivity index (χ1) is 15.5. The summed E-state index contributed by atoms with van der Waals surface area (Å²) in [5.41, 5.74) is 1.91. The van der Waals surface area contributed by atoms with Gasteiger partial charge in [0.15, 0.2) is 0 Å². The molecule has 0 saturated carbocycles. The van der Waals surface area contributed by atoms with Crippen LogP contribution in [0.1, 0.15) is 34.2 Å². The number of nitrogens with one attached hydrogen (secondary N) is 1. The minimum atomic E-state index is -3.45. The molecule has 0 radical (unpaired) electrons. The normalized spacial score (nSPS) is 19.7. The third-order valence-electron chi connectivity index (χ3n) is 6.07. The van der Waals surface area contributed by atoms with Gasteiger partial charge in [0.05, 0.1) is 17.5 Å². The van der Waals surface area contributed by atoms with E-state index >= 15 is 0 Å². The zero-order valence-corrected chi connectivity index (χ0v) is 20.0. The van der Waals surface area contributed by atoms with Gasteiger partial charge in [-0.3, -0.25) is 9.69 Å². The molecular weight excluding hydrogens is 462 g/mol. The largest absolute Gasteiger partial charge is 0.325 e. The zero-order chi connectivity index (χ0) is 22.1. The number of thiophene rings is 2. The highest BCUT2D eigenvalue weighted by molar-refractivity contribution is 7.89. The Balaban J connectivity index is 1.27. The summed E-state index contributed by atoms with van der Waals surface area (Å²) in [5, 5.41) is 7.14. The average molecular weight is 488 g/mol. The Bertz CT molecular complexity index is 1180. The van der Waals surface area contributed by atoms with E-state index in [2.05, 4.69) is 39.2 Å². The first kappa shape index (κ1) is 21.8. The topological polar surface area (TPSA) is 69.7 Å². The Morgan fingerprint density at radius 2 is 1.78 bits per heavy atom. The molecule has 32 heavy (non-hydrogen) atoms. The Morgan fingerprint density at radius 1 is 1.00 bits per heavy atom. The fourth-order valence-corrected chi connectivity index (χ4v) is 7.79. The van der Waals surface area contributed by atoms with Gasteiger partial charge in [-0.1, -0.05) is 6.07 Å². The van der Waals surface area contributed by atoms with E-state index in [-0.39, 0.29) is 23.4 Å². The maximum Gasteiger partial charge on any atom is 0.243 e. The van der Waals surface area contributed by atoms with Gasteiger partial charge in [-0.25, -0.2) is 8.42 Å². The van der Waals surface area contributed by atoms with Crippen LogP contribution in [0.5, 0.6) is 0 Å². The lowest BCUT2D eigenvalue weighted by Crippen LogP contribution is -2.40. The van der Waals surface area contributed by atoms with Crippen molar-refractivity contribution in [3.63, 3.8) is 0 Å². The van der Waals surface area contributed by atoms with Crippen LogP contribution in [0.25, 0.3) is 0 Å². The van der Waals surface area contributed by atoms with Gasteiger partial charge in [0, 0.05) is 35.1 Å². The lowest BCUT2D eigenvalue weighted by atomic mass is 9.98. The van der Waals surface area contributed by atoms with Crippen LogP contribution < -0.4 is 5.32 Å². The molecule has 2 aliphatic rings. The highest BCUT2D eigenvalue weighted by Gasteiger charge is 2.31. The first-order valence-corrected chi connectivity index (χ1v) is 14.0. The second-order valence-corrected chi connectivity index (χ2v) is 12.0. The summed E-state index contributed by atoms with van der Waals surface area (Å²) in [6.45, 7) is 2.27. The summed E-state index contributed by atoms with van der Waals surface area (Å²) in [6, 6.07) is 13.0. The number of carbonyl (C=O) groups is 1. The summed E-state index contributed by atoms with van der Waals surface area (Å²) in [5.74, 6) is -0.0969. The predicted molar refractivity (Wildman–Crippen MR) is 129 cm³/mol. The SMILES string of the molecule is O=C(CN1CCc2sccc2C1c1cccs1)Nc1ccc(S(=O)(=O)N2CCCC2)cc1.